The van der Waals surface area contributed by atoms with Crippen molar-refractivity contribution in [1.82, 2.24) is 4.90 Å². The summed E-state index contributed by atoms with van der Waals surface area (Å²) in [5, 5.41) is 0. The Bertz CT molecular complexity index is 149. The zero-order valence-corrected chi connectivity index (χ0v) is 8.97. The third-order valence-corrected chi connectivity index (χ3v) is 3.94. The summed E-state index contributed by atoms with van der Waals surface area (Å²) in [4.78, 5) is 2.76. The first-order valence-corrected chi connectivity index (χ1v) is 6.14. The molecule has 0 aromatic heterocycles. The average Bonchev–Trinajstić information content (AvgIpc) is 2.76. The second-order valence-electron chi connectivity index (χ2n) is 4.85. The van der Waals surface area contributed by atoms with Crippen LogP contribution in [0.3, 0.4) is 0 Å². The van der Waals surface area contributed by atoms with Crippen LogP contribution >= 0.6 is 0 Å². The fourth-order valence-corrected chi connectivity index (χ4v) is 3.12. The second-order valence-corrected chi connectivity index (χ2v) is 4.85. The van der Waals surface area contributed by atoms with Gasteiger partial charge in [-0.25, -0.2) is 0 Å². The quantitative estimate of drug-likeness (QED) is 0.647. The maximum Gasteiger partial charge on any atom is 0.00932 e. The molecule has 1 aliphatic heterocycles. The molecule has 1 saturated heterocycles. The van der Waals surface area contributed by atoms with Gasteiger partial charge in [0.25, 0.3) is 0 Å². The summed E-state index contributed by atoms with van der Waals surface area (Å²) in [6.07, 6.45) is 10.3. The Labute approximate surface area is 82.5 Å². The van der Waals surface area contributed by atoms with Crippen molar-refractivity contribution in [3.8, 4) is 0 Å². The molecule has 1 nitrogen and oxygen atoms in total. The molecule has 0 spiro atoms. The van der Waals surface area contributed by atoms with Gasteiger partial charge in [0.2, 0.25) is 0 Å². The van der Waals surface area contributed by atoms with E-state index in [1.807, 2.05) is 0 Å². The zero-order chi connectivity index (χ0) is 9.10. The highest BCUT2D eigenvalue weighted by atomic mass is 15.2. The van der Waals surface area contributed by atoms with Gasteiger partial charge < -0.3 is 4.90 Å². The lowest BCUT2D eigenvalue weighted by Gasteiger charge is -2.26. The molecular weight excluding hydrogens is 158 g/mol. The van der Waals surface area contributed by atoms with Crippen molar-refractivity contribution in [2.75, 3.05) is 13.1 Å². The van der Waals surface area contributed by atoms with Gasteiger partial charge in [0.1, 0.15) is 0 Å². The molecule has 2 rings (SSSR count). The number of hydrogen-bond donors (Lipinski definition) is 0. The number of rotatable bonds is 3. The Balaban J connectivity index is 1.79. The number of nitrogens with zero attached hydrogens (tertiary/aromatic N) is 1. The van der Waals surface area contributed by atoms with E-state index in [2.05, 4.69) is 11.8 Å². The van der Waals surface area contributed by atoms with Crippen LogP contribution in [0.4, 0.5) is 0 Å². The molecule has 1 atom stereocenters. The number of hydrogen-bond acceptors (Lipinski definition) is 1. The van der Waals surface area contributed by atoms with Gasteiger partial charge in [0.05, 0.1) is 0 Å². The lowest BCUT2D eigenvalue weighted by atomic mass is 10.1. The van der Waals surface area contributed by atoms with Crippen LogP contribution in [-0.4, -0.2) is 24.0 Å². The number of likely N-dealkylation sites (tertiary alicyclic amines) is 1. The first kappa shape index (κ1) is 9.51. The molecule has 0 radical (unpaired) electrons. The van der Waals surface area contributed by atoms with Gasteiger partial charge in [0.15, 0.2) is 0 Å². The van der Waals surface area contributed by atoms with Crippen molar-refractivity contribution >= 4 is 0 Å². The summed E-state index contributed by atoms with van der Waals surface area (Å²) in [5.74, 6) is 1.05. The molecular formula is C12H23N. The molecule has 1 saturated carbocycles. The SMILES string of the molecule is CCC1CCCN1CC1CCCC1. The lowest BCUT2D eigenvalue weighted by molar-refractivity contribution is 0.211. The van der Waals surface area contributed by atoms with Crippen LogP contribution in [0.1, 0.15) is 51.9 Å². The third-order valence-electron chi connectivity index (χ3n) is 3.94. The van der Waals surface area contributed by atoms with Crippen LogP contribution < -0.4 is 0 Å². The summed E-state index contributed by atoms with van der Waals surface area (Å²) in [7, 11) is 0. The first-order chi connectivity index (χ1) is 6.40. The Morgan fingerprint density at radius 1 is 1.08 bits per heavy atom. The summed E-state index contributed by atoms with van der Waals surface area (Å²) in [6.45, 7) is 5.14. The van der Waals surface area contributed by atoms with Crippen LogP contribution in [0.5, 0.6) is 0 Å². The molecule has 0 bridgehead atoms. The zero-order valence-electron chi connectivity index (χ0n) is 8.97. The van der Waals surface area contributed by atoms with Crippen LogP contribution in [0.15, 0.2) is 0 Å². The molecule has 1 aliphatic carbocycles. The topological polar surface area (TPSA) is 3.24 Å². The van der Waals surface area contributed by atoms with Crippen LogP contribution in [-0.2, 0) is 0 Å². The minimum Gasteiger partial charge on any atom is -0.300 e. The smallest absolute Gasteiger partial charge is 0.00932 e. The van der Waals surface area contributed by atoms with Crippen molar-refractivity contribution in [3.63, 3.8) is 0 Å². The highest BCUT2D eigenvalue weighted by molar-refractivity contribution is 4.81. The van der Waals surface area contributed by atoms with Crippen molar-refractivity contribution in [2.24, 2.45) is 5.92 Å². The van der Waals surface area contributed by atoms with E-state index in [-0.39, 0.29) is 0 Å². The summed E-state index contributed by atoms with van der Waals surface area (Å²) >= 11 is 0. The van der Waals surface area contributed by atoms with Crippen LogP contribution in [0.25, 0.3) is 0 Å². The van der Waals surface area contributed by atoms with E-state index in [9.17, 15) is 0 Å². The first-order valence-electron chi connectivity index (χ1n) is 6.14. The fraction of sp³-hybridized carbons (Fsp3) is 1.00. The largest absolute Gasteiger partial charge is 0.300 e. The normalized spacial score (nSPS) is 31.6. The third kappa shape index (κ3) is 2.25. The average molecular weight is 181 g/mol. The molecule has 1 heterocycles. The van der Waals surface area contributed by atoms with Gasteiger partial charge in [-0.2, -0.15) is 0 Å². The van der Waals surface area contributed by atoms with E-state index in [4.69, 9.17) is 0 Å². The van der Waals surface area contributed by atoms with Gasteiger partial charge in [0, 0.05) is 12.6 Å². The van der Waals surface area contributed by atoms with Gasteiger partial charge in [-0.05, 0) is 44.6 Å². The van der Waals surface area contributed by atoms with Gasteiger partial charge in [-0.15, -0.1) is 0 Å². The predicted molar refractivity (Wildman–Crippen MR) is 56.8 cm³/mol. The van der Waals surface area contributed by atoms with Crippen molar-refractivity contribution < 1.29 is 0 Å². The highest BCUT2D eigenvalue weighted by Crippen LogP contribution is 2.29. The molecule has 2 aliphatic rings. The second kappa shape index (κ2) is 4.45. The molecule has 1 unspecified atom stereocenters. The molecule has 1 heteroatoms. The van der Waals surface area contributed by atoms with E-state index < -0.39 is 0 Å². The monoisotopic (exact) mass is 181 g/mol. The van der Waals surface area contributed by atoms with Crippen LogP contribution in [0.2, 0.25) is 0 Å². The van der Waals surface area contributed by atoms with Gasteiger partial charge in [-0.1, -0.05) is 19.8 Å². The molecule has 0 amide bonds. The van der Waals surface area contributed by atoms with E-state index in [0.29, 0.717) is 0 Å². The van der Waals surface area contributed by atoms with Crippen molar-refractivity contribution in [3.05, 3.63) is 0 Å². The maximum absolute atomic E-state index is 2.76. The summed E-state index contributed by atoms with van der Waals surface area (Å²) in [6, 6.07) is 0.931. The van der Waals surface area contributed by atoms with Gasteiger partial charge in [-0.3, -0.25) is 0 Å². The van der Waals surface area contributed by atoms with Crippen molar-refractivity contribution in [2.45, 2.75) is 57.9 Å². The highest BCUT2D eigenvalue weighted by Gasteiger charge is 2.26. The van der Waals surface area contributed by atoms with Crippen LogP contribution in [0, 0.1) is 5.92 Å². The summed E-state index contributed by atoms with van der Waals surface area (Å²) in [5.41, 5.74) is 0. The fourth-order valence-electron chi connectivity index (χ4n) is 3.12. The van der Waals surface area contributed by atoms with E-state index in [1.165, 1.54) is 58.0 Å². The standard InChI is InChI=1S/C12H23N/c1-2-12-8-5-9-13(12)10-11-6-3-4-7-11/h11-12H,2-10H2,1H3. The molecule has 13 heavy (non-hydrogen) atoms. The maximum atomic E-state index is 2.76. The van der Waals surface area contributed by atoms with E-state index >= 15 is 0 Å². The minimum absolute atomic E-state index is 0.931. The predicted octanol–water partition coefficient (Wildman–Crippen LogP) is 3.05. The Hall–Kier alpha value is -0.0400. The van der Waals surface area contributed by atoms with Crippen molar-refractivity contribution in [1.29, 1.82) is 0 Å². The Kier molecular flexibility index (Phi) is 3.26. The molecule has 0 aromatic rings. The molecule has 0 aromatic carbocycles. The summed E-state index contributed by atoms with van der Waals surface area (Å²) < 4.78 is 0. The molecule has 0 N–H and O–H groups in total. The molecule has 2 fully saturated rings. The Morgan fingerprint density at radius 2 is 1.85 bits per heavy atom. The molecule has 76 valence electrons. The van der Waals surface area contributed by atoms with E-state index in [1.54, 1.807) is 0 Å². The van der Waals surface area contributed by atoms with E-state index in [0.717, 1.165) is 12.0 Å². The Morgan fingerprint density at radius 3 is 2.54 bits per heavy atom. The lowest BCUT2D eigenvalue weighted by Crippen LogP contribution is -2.32. The minimum atomic E-state index is 0.931. The van der Waals surface area contributed by atoms with Gasteiger partial charge >= 0.3 is 0 Å².